The van der Waals surface area contributed by atoms with E-state index in [0.29, 0.717) is 13.2 Å². The second-order valence-corrected chi connectivity index (χ2v) is 8.45. The van der Waals surface area contributed by atoms with Crippen LogP contribution in [0.4, 0.5) is 5.95 Å². The van der Waals surface area contributed by atoms with E-state index < -0.39 is 0 Å². The summed E-state index contributed by atoms with van der Waals surface area (Å²) in [6, 6.07) is 4.19. The Balaban J connectivity index is 1.50. The van der Waals surface area contributed by atoms with Gasteiger partial charge in [0.15, 0.2) is 0 Å². The Labute approximate surface area is 166 Å². The number of morpholine rings is 1. The smallest absolute Gasteiger partial charge is 0.225 e. The van der Waals surface area contributed by atoms with Crippen molar-refractivity contribution >= 4 is 5.95 Å². The molecule has 2 aromatic rings. The van der Waals surface area contributed by atoms with Crippen molar-refractivity contribution in [3.63, 3.8) is 0 Å². The molecule has 0 bridgehead atoms. The van der Waals surface area contributed by atoms with E-state index in [1.165, 1.54) is 5.56 Å². The maximum atomic E-state index is 5.82. The van der Waals surface area contributed by atoms with Crippen molar-refractivity contribution in [2.24, 2.45) is 5.41 Å². The van der Waals surface area contributed by atoms with E-state index in [9.17, 15) is 0 Å². The minimum Gasteiger partial charge on any atom is -0.462 e. The summed E-state index contributed by atoms with van der Waals surface area (Å²) in [7, 11) is 1.67. The third-order valence-electron chi connectivity index (χ3n) is 5.49. The molecule has 1 aliphatic carbocycles. The topological polar surface area (TPSA) is 72.7 Å². The molecule has 7 nitrogen and oxygen atoms in total. The van der Waals surface area contributed by atoms with Crippen LogP contribution >= 0.6 is 0 Å². The van der Waals surface area contributed by atoms with Crippen molar-refractivity contribution in [3.05, 3.63) is 41.1 Å². The third-order valence-corrected chi connectivity index (χ3v) is 5.49. The number of nitrogens with one attached hydrogen (secondary N) is 1. The Bertz CT molecular complexity index is 799. The lowest BCUT2D eigenvalue weighted by Gasteiger charge is -2.37. The van der Waals surface area contributed by atoms with Crippen LogP contribution in [0, 0.1) is 5.41 Å². The molecule has 28 heavy (non-hydrogen) atoms. The minimum absolute atomic E-state index is 0.186. The summed E-state index contributed by atoms with van der Waals surface area (Å²) < 4.78 is 16.4. The van der Waals surface area contributed by atoms with E-state index in [2.05, 4.69) is 29.0 Å². The predicted octanol–water partition coefficient (Wildman–Crippen LogP) is 2.86. The Morgan fingerprint density at radius 1 is 1.25 bits per heavy atom. The van der Waals surface area contributed by atoms with Crippen molar-refractivity contribution in [1.29, 1.82) is 0 Å². The molecule has 3 heterocycles. The molecule has 0 radical (unpaired) electrons. The highest BCUT2D eigenvalue weighted by atomic mass is 16.5. The van der Waals surface area contributed by atoms with Gasteiger partial charge in [-0.05, 0) is 30.4 Å². The average molecular weight is 386 g/mol. The maximum absolute atomic E-state index is 5.82. The van der Waals surface area contributed by atoms with Gasteiger partial charge in [-0.15, -0.1) is 0 Å². The molecule has 0 aromatic carbocycles. The van der Waals surface area contributed by atoms with E-state index in [0.717, 1.165) is 62.3 Å². The van der Waals surface area contributed by atoms with Crippen molar-refractivity contribution < 1.29 is 13.9 Å². The van der Waals surface area contributed by atoms with Gasteiger partial charge in [-0.3, -0.25) is 0 Å². The molecule has 2 aliphatic rings. The molecule has 1 atom stereocenters. The number of fused-ring (bicyclic) bond motifs is 1. The summed E-state index contributed by atoms with van der Waals surface area (Å²) in [5.74, 6) is 2.60. The highest BCUT2D eigenvalue weighted by molar-refractivity contribution is 5.36. The van der Waals surface area contributed by atoms with Crippen LogP contribution in [0.25, 0.3) is 0 Å². The van der Waals surface area contributed by atoms with Crippen LogP contribution in [0.2, 0.25) is 0 Å². The molecule has 1 saturated heterocycles. The van der Waals surface area contributed by atoms with Crippen LogP contribution < -0.4 is 10.2 Å². The summed E-state index contributed by atoms with van der Waals surface area (Å²) in [6.45, 7) is 8.98. The molecule has 7 heteroatoms. The second kappa shape index (κ2) is 8.19. The highest BCUT2D eigenvalue weighted by Crippen LogP contribution is 2.40. The first-order valence-corrected chi connectivity index (χ1v) is 10.0. The fourth-order valence-electron chi connectivity index (χ4n) is 4.10. The summed E-state index contributed by atoms with van der Waals surface area (Å²) in [4.78, 5) is 11.8. The number of hydrogen-bond donors (Lipinski definition) is 1. The molecule has 1 unspecified atom stereocenters. The molecule has 0 saturated carbocycles. The van der Waals surface area contributed by atoms with Gasteiger partial charge in [-0.25, -0.2) is 9.97 Å². The Hall–Kier alpha value is -1.96. The van der Waals surface area contributed by atoms with Gasteiger partial charge in [0, 0.05) is 38.0 Å². The fraction of sp³-hybridized carbons (Fsp3) is 0.619. The lowest BCUT2D eigenvalue weighted by molar-refractivity contribution is 0.122. The third kappa shape index (κ3) is 4.37. The number of methoxy groups -OCH3 is 1. The van der Waals surface area contributed by atoms with Gasteiger partial charge in [0.1, 0.15) is 18.1 Å². The molecule has 1 aliphatic heterocycles. The zero-order valence-electron chi connectivity index (χ0n) is 17.0. The molecule has 0 spiro atoms. The lowest BCUT2D eigenvalue weighted by Crippen LogP contribution is -2.38. The predicted molar refractivity (Wildman–Crippen MR) is 106 cm³/mol. The van der Waals surface area contributed by atoms with Gasteiger partial charge in [0.2, 0.25) is 5.95 Å². The first-order chi connectivity index (χ1) is 13.5. The van der Waals surface area contributed by atoms with Gasteiger partial charge in [0.05, 0.1) is 25.5 Å². The molecule has 1 N–H and O–H groups in total. The largest absolute Gasteiger partial charge is 0.462 e. The number of hydrogen-bond acceptors (Lipinski definition) is 7. The molecule has 4 rings (SSSR count). The van der Waals surface area contributed by atoms with Crippen LogP contribution in [-0.2, 0) is 29.0 Å². The van der Waals surface area contributed by atoms with Crippen molar-refractivity contribution in [2.75, 3.05) is 38.3 Å². The SMILES string of the molecule is COCc1ccc(CNC2CC(C)(C)Cc3nc(N4CCOCC4)ncc32)o1. The Morgan fingerprint density at radius 3 is 2.82 bits per heavy atom. The van der Waals surface area contributed by atoms with Crippen LogP contribution in [0.15, 0.2) is 22.7 Å². The maximum Gasteiger partial charge on any atom is 0.225 e. The van der Waals surface area contributed by atoms with Gasteiger partial charge in [0.25, 0.3) is 0 Å². The summed E-state index contributed by atoms with van der Waals surface area (Å²) in [5.41, 5.74) is 2.55. The van der Waals surface area contributed by atoms with Crippen molar-refractivity contribution in [1.82, 2.24) is 15.3 Å². The van der Waals surface area contributed by atoms with Gasteiger partial charge < -0.3 is 24.1 Å². The lowest BCUT2D eigenvalue weighted by atomic mass is 9.74. The van der Waals surface area contributed by atoms with Crippen LogP contribution in [0.3, 0.4) is 0 Å². The zero-order valence-corrected chi connectivity index (χ0v) is 17.0. The normalized spacial score (nSPS) is 21.5. The van der Waals surface area contributed by atoms with Crippen LogP contribution in [0.5, 0.6) is 0 Å². The quantitative estimate of drug-likeness (QED) is 0.818. The standard InChI is InChI=1S/C21H30N4O3/c1-21(2)10-18(22-12-15-4-5-16(28-15)14-26-3)17-13-23-20(24-19(17)11-21)25-6-8-27-9-7-25/h4-5,13,18,22H,6-12,14H2,1-3H3. The summed E-state index contributed by atoms with van der Waals surface area (Å²) in [6.07, 6.45) is 4.03. The number of nitrogens with zero attached hydrogens (tertiary/aromatic N) is 3. The van der Waals surface area contributed by atoms with E-state index in [1.54, 1.807) is 7.11 Å². The van der Waals surface area contributed by atoms with E-state index in [1.807, 2.05) is 18.3 Å². The zero-order chi connectivity index (χ0) is 19.6. The Kier molecular flexibility index (Phi) is 5.66. The first-order valence-electron chi connectivity index (χ1n) is 10.0. The van der Waals surface area contributed by atoms with Crippen molar-refractivity contribution in [2.45, 2.75) is 45.9 Å². The molecule has 1 fully saturated rings. The number of ether oxygens (including phenoxy) is 2. The molecular formula is C21H30N4O3. The van der Waals surface area contributed by atoms with E-state index >= 15 is 0 Å². The number of aromatic nitrogens is 2. The average Bonchev–Trinajstić information content (AvgIpc) is 3.13. The van der Waals surface area contributed by atoms with Gasteiger partial charge in [-0.2, -0.15) is 0 Å². The molecule has 0 amide bonds. The van der Waals surface area contributed by atoms with Gasteiger partial charge >= 0.3 is 0 Å². The first kappa shape index (κ1) is 19.4. The van der Waals surface area contributed by atoms with E-state index in [-0.39, 0.29) is 11.5 Å². The Morgan fingerprint density at radius 2 is 2.04 bits per heavy atom. The fourth-order valence-corrected chi connectivity index (χ4v) is 4.10. The van der Waals surface area contributed by atoms with Gasteiger partial charge in [-0.1, -0.05) is 13.8 Å². The van der Waals surface area contributed by atoms with Crippen LogP contribution in [0.1, 0.15) is 49.1 Å². The number of rotatable bonds is 6. The molecular weight excluding hydrogens is 356 g/mol. The van der Waals surface area contributed by atoms with Crippen molar-refractivity contribution in [3.8, 4) is 0 Å². The highest BCUT2D eigenvalue weighted by Gasteiger charge is 2.34. The monoisotopic (exact) mass is 386 g/mol. The minimum atomic E-state index is 0.186. The summed E-state index contributed by atoms with van der Waals surface area (Å²) in [5, 5.41) is 3.66. The summed E-state index contributed by atoms with van der Waals surface area (Å²) >= 11 is 0. The molecule has 2 aromatic heterocycles. The van der Waals surface area contributed by atoms with Crippen LogP contribution in [-0.4, -0.2) is 43.4 Å². The number of furan rings is 1. The molecule has 152 valence electrons. The van der Waals surface area contributed by atoms with E-state index in [4.69, 9.17) is 18.9 Å². The second-order valence-electron chi connectivity index (χ2n) is 8.45. The number of anilines is 1.